The molecule has 0 radical (unpaired) electrons. The van der Waals surface area contributed by atoms with Crippen molar-refractivity contribution in [3.05, 3.63) is 41.5 Å². The van der Waals surface area contributed by atoms with Crippen molar-refractivity contribution >= 4 is 11.6 Å². The number of rotatable bonds is 1. The van der Waals surface area contributed by atoms with E-state index in [-0.39, 0.29) is 5.91 Å². The van der Waals surface area contributed by atoms with Crippen molar-refractivity contribution in [1.82, 2.24) is 15.2 Å². The van der Waals surface area contributed by atoms with Gasteiger partial charge in [-0.1, -0.05) is 17.7 Å². The molecule has 2 aromatic rings. The molecule has 0 atom stereocenters. The van der Waals surface area contributed by atoms with E-state index in [9.17, 15) is 4.79 Å². The van der Waals surface area contributed by atoms with Gasteiger partial charge >= 0.3 is 0 Å². The number of aromatic amines is 1. The highest BCUT2D eigenvalue weighted by Crippen LogP contribution is 2.28. The van der Waals surface area contributed by atoms with E-state index >= 15 is 0 Å². The molecular weight excluding hydrogens is 228 g/mol. The minimum atomic E-state index is -0.114. The molecular formula is C13H14N4O. The number of carbonyl (C=O) groups is 1. The third kappa shape index (κ3) is 1.77. The molecule has 92 valence electrons. The number of hydrogen-bond acceptors (Lipinski definition) is 3. The number of fused-ring (bicyclic) bond motifs is 1. The lowest BCUT2D eigenvalue weighted by molar-refractivity contribution is 0.0975. The van der Waals surface area contributed by atoms with Crippen LogP contribution in [-0.4, -0.2) is 27.6 Å². The molecule has 0 saturated carbocycles. The molecule has 1 aliphatic rings. The Kier molecular flexibility index (Phi) is 2.59. The summed E-state index contributed by atoms with van der Waals surface area (Å²) in [6, 6.07) is 6.19. The van der Waals surface area contributed by atoms with Crippen LogP contribution >= 0.6 is 0 Å². The lowest BCUT2D eigenvalue weighted by atomic mass is 9.99. The second-order valence-corrected chi connectivity index (χ2v) is 4.53. The van der Waals surface area contributed by atoms with Crippen LogP contribution in [-0.2, 0) is 6.42 Å². The van der Waals surface area contributed by atoms with Crippen molar-refractivity contribution in [1.29, 1.82) is 0 Å². The fourth-order valence-corrected chi connectivity index (χ4v) is 2.37. The lowest BCUT2D eigenvalue weighted by Crippen LogP contribution is -2.36. The molecule has 5 nitrogen and oxygen atoms in total. The number of amides is 1. The molecule has 1 N–H and O–H groups in total. The van der Waals surface area contributed by atoms with E-state index in [0.717, 1.165) is 25.1 Å². The maximum Gasteiger partial charge on any atom is 0.295 e. The fraction of sp³-hybridized carbons (Fsp3) is 0.308. The van der Waals surface area contributed by atoms with Gasteiger partial charge in [-0.15, -0.1) is 0 Å². The SMILES string of the molecule is Cc1ccc2c(c1)CCCN2C(=O)c1ncn[nH]1. The van der Waals surface area contributed by atoms with Gasteiger partial charge in [-0.25, -0.2) is 4.98 Å². The maximum absolute atomic E-state index is 12.3. The van der Waals surface area contributed by atoms with E-state index < -0.39 is 0 Å². The molecule has 0 aliphatic carbocycles. The Labute approximate surface area is 105 Å². The van der Waals surface area contributed by atoms with Crippen molar-refractivity contribution in [2.24, 2.45) is 0 Å². The minimum absolute atomic E-state index is 0.114. The number of benzene rings is 1. The average molecular weight is 242 g/mol. The Bertz CT molecular complexity index is 577. The smallest absolute Gasteiger partial charge is 0.295 e. The molecule has 1 aromatic carbocycles. The van der Waals surface area contributed by atoms with Crippen LogP contribution in [0.15, 0.2) is 24.5 Å². The summed E-state index contributed by atoms with van der Waals surface area (Å²) in [5.74, 6) is 0.181. The Balaban J connectivity index is 1.99. The molecule has 0 fully saturated rings. The lowest BCUT2D eigenvalue weighted by Gasteiger charge is -2.29. The molecule has 0 saturated heterocycles. The summed E-state index contributed by atoms with van der Waals surface area (Å²) >= 11 is 0. The first kappa shape index (κ1) is 11.0. The normalized spacial score (nSPS) is 14.4. The summed E-state index contributed by atoms with van der Waals surface area (Å²) in [6.45, 7) is 2.80. The Morgan fingerprint density at radius 1 is 1.44 bits per heavy atom. The van der Waals surface area contributed by atoms with E-state index in [2.05, 4.69) is 28.2 Å². The van der Waals surface area contributed by atoms with Gasteiger partial charge in [-0.05, 0) is 31.4 Å². The largest absolute Gasteiger partial charge is 0.305 e. The fourth-order valence-electron chi connectivity index (χ4n) is 2.37. The predicted molar refractivity (Wildman–Crippen MR) is 67.6 cm³/mol. The Hall–Kier alpha value is -2.17. The van der Waals surface area contributed by atoms with Gasteiger partial charge in [-0.3, -0.25) is 9.89 Å². The zero-order chi connectivity index (χ0) is 12.5. The van der Waals surface area contributed by atoms with Gasteiger partial charge in [-0.2, -0.15) is 5.10 Å². The minimum Gasteiger partial charge on any atom is -0.305 e. The number of nitrogens with zero attached hydrogens (tertiary/aromatic N) is 3. The maximum atomic E-state index is 12.3. The number of nitrogens with one attached hydrogen (secondary N) is 1. The third-order valence-corrected chi connectivity index (χ3v) is 3.22. The number of carbonyl (C=O) groups excluding carboxylic acids is 1. The molecule has 1 amide bonds. The van der Waals surface area contributed by atoms with Crippen LogP contribution < -0.4 is 4.90 Å². The molecule has 2 heterocycles. The van der Waals surface area contributed by atoms with Crippen molar-refractivity contribution in [2.45, 2.75) is 19.8 Å². The molecule has 3 rings (SSSR count). The molecule has 0 bridgehead atoms. The Morgan fingerprint density at radius 2 is 2.33 bits per heavy atom. The second-order valence-electron chi connectivity index (χ2n) is 4.53. The summed E-state index contributed by atoms with van der Waals surface area (Å²) < 4.78 is 0. The van der Waals surface area contributed by atoms with E-state index in [1.807, 2.05) is 12.1 Å². The van der Waals surface area contributed by atoms with Crippen LogP contribution in [0.2, 0.25) is 0 Å². The van der Waals surface area contributed by atoms with E-state index in [1.54, 1.807) is 4.90 Å². The van der Waals surface area contributed by atoms with Crippen molar-refractivity contribution in [3.63, 3.8) is 0 Å². The number of aromatic nitrogens is 3. The zero-order valence-corrected chi connectivity index (χ0v) is 10.2. The summed E-state index contributed by atoms with van der Waals surface area (Å²) in [4.78, 5) is 18.0. The van der Waals surface area contributed by atoms with Crippen molar-refractivity contribution < 1.29 is 4.79 Å². The highest BCUT2D eigenvalue weighted by atomic mass is 16.2. The first-order valence-corrected chi connectivity index (χ1v) is 6.02. The van der Waals surface area contributed by atoms with E-state index in [0.29, 0.717) is 5.82 Å². The first-order chi connectivity index (χ1) is 8.75. The number of hydrogen-bond donors (Lipinski definition) is 1. The quantitative estimate of drug-likeness (QED) is 0.828. The number of aryl methyl sites for hydroxylation is 2. The molecule has 5 heteroatoms. The third-order valence-electron chi connectivity index (χ3n) is 3.22. The summed E-state index contributed by atoms with van der Waals surface area (Å²) in [5, 5.41) is 6.35. The highest BCUT2D eigenvalue weighted by molar-refractivity contribution is 6.04. The van der Waals surface area contributed by atoms with E-state index in [4.69, 9.17) is 0 Å². The van der Waals surface area contributed by atoms with Crippen LogP contribution in [0.3, 0.4) is 0 Å². The van der Waals surface area contributed by atoms with Crippen LogP contribution in [0, 0.1) is 6.92 Å². The van der Waals surface area contributed by atoms with Gasteiger partial charge in [0.2, 0.25) is 5.82 Å². The van der Waals surface area contributed by atoms with E-state index in [1.165, 1.54) is 17.5 Å². The second kappa shape index (κ2) is 4.25. The molecule has 0 unspecified atom stereocenters. The average Bonchev–Trinajstić information content (AvgIpc) is 2.90. The monoisotopic (exact) mass is 242 g/mol. The van der Waals surface area contributed by atoms with Gasteiger partial charge in [0.1, 0.15) is 6.33 Å². The van der Waals surface area contributed by atoms with Crippen LogP contribution in [0.25, 0.3) is 0 Å². The predicted octanol–water partition coefficient (Wildman–Crippen LogP) is 1.71. The van der Waals surface area contributed by atoms with Crippen LogP contribution in [0.5, 0.6) is 0 Å². The van der Waals surface area contributed by atoms with Gasteiger partial charge < -0.3 is 4.90 Å². The van der Waals surface area contributed by atoms with Gasteiger partial charge in [0.15, 0.2) is 0 Å². The number of anilines is 1. The van der Waals surface area contributed by atoms with Gasteiger partial charge in [0, 0.05) is 12.2 Å². The van der Waals surface area contributed by atoms with Crippen molar-refractivity contribution in [3.8, 4) is 0 Å². The molecule has 1 aliphatic heterocycles. The van der Waals surface area contributed by atoms with Crippen LogP contribution in [0.1, 0.15) is 28.2 Å². The molecule has 0 spiro atoms. The zero-order valence-electron chi connectivity index (χ0n) is 10.2. The summed E-state index contributed by atoms with van der Waals surface area (Å²) in [5.41, 5.74) is 3.45. The van der Waals surface area contributed by atoms with Crippen LogP contribution in [0.4, 0.5) is 5.69 Å². The summed E-state index contributed by atoms with van der Waals surface area (Å²) in [7, 11) is 0. The number of H-pyrrole nitrogens is 1. The standard InChI is InChI=1S/C13H14N4O/c1-9-4-5-11-10(7-9)3-2-6-17(11)13(18)12-14-8-15-16-12/h4-5,7-8H,2-3,6H2,1H3,(H,14,15,16). The summed E-state index contributed by atoms with van der Waals surface area (Å²) in [6.07, 6.45) is 3.36. The highest BCUT2D eigenvalue weighted by Gasteiger charge is 2.25. The van der Waals surface area contributed by atoms with Gasteiger partial charge in [0.25, 0.3) is 5.91 Å². The molecule has 1 aromatic heterocycles. The van der Waals surface area contributed by atoms with Crippen molar-refractivity contribution in [2.75, 3.05) is 11.4 Å². The first-order valence-electron chi connectivity index (χ1n) is 6.02. The Morgan fingerprint density at radius 3 is 3.11 bits per heavy atom. The topological polar surface area (TPSA) is 61.9 Å². The molecule has 18 heavy (non-hydrogen) atoms. The van der Waals surface area contributed by atoms with Gasteiger partial charge in [0.05, 0.1) is 0 Å².